The number of ether oxygens (including phenoxy) is 1. The molecule has 0 amide bonds. The van der Waals surface area contributed by atoms with Crippen molar-refractivity contribution in [2.24, 2.45) is 0 Å². The van der Waals surface area contributed by atoms with Crippen LogP contribution in [-0.4, -0.2) is 46.1 Å². The van der Waals surface area contributed by atoms with Crippen molar-refractivity contribution >= 4 is 16.9 Å². The lowest BCUT2D eigenvalue weighted by atomic mass is 9.89. The summed E-state index contributed by atoms with van der Waals surface area (Å²) in [6.07, 6.45) is 9.68. The number of fused-ring (bicyclic) bond motifs is 1. The van der Waals surface area contributed by atoms with Gasteiger partial charge in [0, 0.05) is 24.3 Å². The van der Waals surface area contributed by atoms with Crippen LogP contribution in [0.15, 0.2) is 36.7 Å². The van der Waals surface area contributed by atoms with Gasteiger partial charge in [-0.25, -0.2) is 4.79 Å². The fourth-order valence-electron chi connectivity index (χ4n) is 4.69. The topological polar surface area (TPSA) is 78.5 Å². The molecule has 1 fully saturated rings. The first-order valence-electron chi connectivity index (χ1n) is 11.2. The summed E-state index contributed by atoms with van der Waals surface area (Å²) in [6, 6.07) is 7.59. The van der Waals surface area contributed by atoms with Crippen LogP contribution >= 0.6 is 0 Å². The highest BCUT2D eigenvalue weighted by atomic mass is 16.5. The number of aryl methyl sites for hydroxylation is 1. The van der Waals surface area contributed by atoms with Gasteiger partial charge in [-0.1, -0.05) is 19.4 Å². The van der Waals surface area contributed by atoms with Crippen LogP contribution in [0.1, 0.15) is 65.7 Å². The summed E-state index contributed by atoms with van der Waals surface area (Å²) in [4.78, 5) is 22.0. The number of carbonyl (C=O) groups is 1. The Balaban J connectivity index is 1.42. The Morgan fingerprint density at radius 1 is 1.29 bits per heavy atom. The molecular formula is C25H31N3O3. The van der Waals surface area contributed by atoms with Gasteiger partial charge in [0.1, 0.15) is 11.3 Å². The van der Waals surface area contributed by atoms with Crippen molar-refractivity contribution in [3.63, 3.8) is 0 Å². The van der Waals surface area contributed by atoms with E-state index in [1.54, 1.807) is 12.1 Å². The summed E-state index contributed by atoms with van der Waals surface area (Å²) in [5, 5.41) is 10.7. The molecule has 6 nitrogen and oxygen atoms in total. The molecule has 1 aliphatic rings. The Morgan fingerprint density at radius 3 is 2.81 bits per heavy atom. The molecule has 3 heterocycles. The molecule has 1 aliphatic heterocycles. The number of hydrogen-bond donors (Lipinski definition) is 2. The van der Waals surface area contributed by atoms with Crippen molar-refractivity contribution in [1.29, 1.82) is 0 Å². The van der Waals surface area contributed by atoms with Gasteiger partial charge in [0.05, 0.1) is 18.3 Å². The average molecular weight is 422 g/mol. The Labute approximate surface area is 183 Å². The van der Waals surface area contributed by atoms with E-state index in [1.807, 2.05) is 12.3 Å². The van der Waals surface area contributed by atoms with Gasteiger partial charge in [0.15, 0.2) is 0 Å². The Bertz CT molecular complexity index is 1050. The third-order valence-corrected chi connectivity index (χ3v) is 6.41. The van der Waals surface area contributed by atoms with Crippen molar-refractivity contribution in [2.75, 3.05) is 20.2 Å². The number of aromatic carboxylic acids is 1. The number of carboxylic acid groups (broad SMARTS) is 1. The van der Waals surface area contributed by atoms with Crippen LogP contribution in [0.5, 0.6) is 5.75 Å². The molecule has 3 aromatic rings. The minimum atomic E-state index is -0.954. The van der Waals surface area contributed by atoms with Crippen molar-refractivity contribution in [1.82, 2.24) is 14.9 Å². The highest BCUT2D eigenvalue weighted by Crippen LogP contribution is 2.34. The van der Waals surface area contributed by atoms with Crippen LogP contribution in [-0.2, 0) is 13.0 Å². The van der Waals surface area contributed by atoms with E-state index >= 15 is 0 Å². The minimum absolute atomic E-state index is 0.223. The molecule has 31 heavy (non-hydrogen) atoms. The number of nitrogens with one attached hydrogen (secondary N) is 1. The highest BCUT2D eigenvalue weighted by Gasteiger charge is 2.24. The molecule has 4 rings (SSSR count). The lowest BCUT2D eigenvalue weighted by Crippen LogP contribution is -2.32. The summed E-state index contributed by atoms with van der Waals surface area (Å²) in [5.41, 5.74) is 5.02. The molecule has 0 radical (unpaired) electrons. The standard InChI is InChI=1S/C25H31N3O3/c1-3-4-5-22-24-19(8-11-26-22)21(15-27-24)18-9-12-28(13-10-18)16-17-6-7-23(31-2)20(14-17)25(29)30/h6-8,11,14-15,18,27H,3-5,9-10,12-13,16H2,1-2H3,(H,29,30). The monoisotopic (exact) mass is 421 g/mol. The number of benzene rings is 1. The molecule has 0 unspecified atom stereocenters. The summed E-state index contributed by atoms with van der Waals surface area (Å²) in [7, 11) is 1.50. The quantitative estimate of drug-likeness (QED) is 0.536. The number of pyridine rings is 1. The molecule has 0 saturated carbocycles. The van der Waals surface area contributed by atoms with E-state index in [4.69, 9.17) is 4.74 Å². The predicted molar refractivity (Wildman–Crippen MR) is 122 cm³/mol. The predicted octanol–water partition coefficient (Wildman–Crippen LogP) is 4.99. The number of methoxy groups -OCH3 is 1. The second kappa shape index (κ2) is 9.52. The van der Waals surface area contributed by atoms with E-state index in [0.717, 1.165) is 50.9 Å². The highest BCUT2D eigenvalue weighted by molar-refractivity contribution is 5.91. The number of carboxylic acids is 1. The van der Waals surface area contributed by atoms with Crippen LogP contribution in [0.2, 0.25) is 0 Å². The molecule has 6 heteroatoms. The maximum absolute atomic E-state index is 11.5. The molecular weight excluding hydrogens is 390 g/mol. The van der Waals surface area contributed by atoms with Crippen LogP contribution in [0, 0.1) is 0 Å². The first-order valence-corrected chi connectivity index (χ1v) is 11.2. The van der Waals surface area contributed by atoms with Crippen LogP contribution in [0.4, 0.5) is 0 Å². The first kappa shape index (κ1) is 21.4. The Morgan fingerprint density at radius 2 is 2.10 bits per heavy atom. The maximum Gasteiger partial charge on any atom is 0.339 e. The van der Waals surface area contributed by atoms with Crippen LogP contribution < -0.4 is 4.74 Å². The molecule has 1 saturated heterocycles. The van der Waals surface area contributed by atoms with Gasteiger partial charge >= 0.3 is 5.97 Å². The normalized spacial score (nSPS) is 15.4. The number of hydrogen-bond acceptors (Lipinski definition) is 4. The summed E-state index contributed by atoms with van der Waals surface area (Å²) >= 11 is 0. The summed E-state index contributed by atoms with van der Waals surface area (Å²) < 4.78 is 5.17. The van der Waals surface area contributed by atoms with Gasteiger partial charge in [-0.3, -0.25) is 9.88 Å². The first-order chi connectivity index (χ1) is 15.1. The van der Waals surface area contributed by atoms with Crippen LogP contribution in [0.25, 0.3) is 10.9 Å². The van der Waals surface area contributed by atoms with Crippen LogP contribution in [0.3, 0.4) is 0 Å². The van der Waals surface area contributed by atoms with Gasteiger partial charge in [-0.15, -0.1) is 0 Å². The molecule has 2 aromatic heterocycles. The van der Waals surface area contributed by atoms with E-state index in [2.05, 4.69) is 34.1 Å². The molecule has 0 aliphatic carbocycles. The maximum atomic E-state index is 11.5. The fraction of sp³-hybridized carbons (Fsp3) is 0.440. The van der Waals surface area contributed by atoms with Crippen molar-refractivity contribution in [3.05, 3.63) is 59.0 Å². The zero-order valence-electron chi connectivity index (χ0n) is 18.4. The lowest BCUT2D eigenvalue weighted by molar-refractivity contribution is 0.0693. The second-order valence-electron chi connectivity index (χ2n) is 8.42. The fourth-order valence-corrected chi connectivity index (χ4v) is 4.69. The van der Waals surface area contributed by atoms with Gasteiger partial charge in [-0.2, -0.15) is 0 Å². The van der Waals surface area contributed by atoms with Crippen molar-refractivity contribution in [2.45, 2.75) is 51.5 Å². The second-order valence-corrected chi connectivity index (χ2v) is 8.42. The molecule has 0 spiro atoms. The van der Waals surface area contributed by atoms with Crippen molar-refractivity contribution < 1.29 is 14.6 Å². The van der Waals surface area contributed by atoms with E-state index in [1.165, 1.54) is 35.7 Å². The van der Waals surface area contributed by atoms with Gasteiger partial charge < -0.3 is 14.8 Å². The number of H-pyrrole nitrogens is 1. The van der Waals surface area contributed by atoms with Crippen molar-refractivity contribution in [3.8, 4) is 5.75 Å². The van der Waals surface area contributed by atoms with Gasteiger partial charge in [0.2, 0.25) is 0 Å². The zero-order chi connectivity index (χ0) is 21.8. The Kier molecular flexibility index (Phi) is 6.56. The number of nitrogens with zero attached hydrogens (tertiary/aromatic N) is 2. The van der Waals surface area contributed by atoms with E-state index < -0.39 is 5.97 Å². The molecule has 0 atom stereocenters. The molecule has 164 valence electrons. The van der Waals surface area contributed by atoms with Gasteiger partial charge in [-0.05, 0) is 74.0 Å². The average Bonchev–Trinajstić information content (AvgIpc) is 3.23. The SMILES string of the molecule is CCCCc1nccc2c(C3CCN(Cc4ccc(OC)c(C(=O)O)c4)CC3)c[nH]c12. The number of rotatable bonds is 8. The number of likely N-dealkylation sites (tertiary alicyclic amines) is 1. The summed E-state index contributed by atoms with van der Waals surface area (Å²) in [5.74, 6) is -0.0106. The molecule has 0 bridgehead atoms. The molecule has 2 N–H and O–H groups in total. The lowest BCUT2D eigenvalue weighted by Gasteiger charge is -2.32. The van der Waals surface area contributed by atoms with E-state index in [9.17, 15) is 9.90 Å². The number of piperidine rings is 1. The number of aromatic nitrogens is 2. The zero-order valence-corrected chi connectivity index (χ0v) is 18.4. The van der Waals surface area contributed by atoms with E-state index in [-0.39, 0.29) is 5.56 Å². The third-order valence-electron chi connectivity index (χ3n) is 6.41. The number of unbranched alkanes of at least 4 members (excludes halogenated alkanes) is 1. The Hall–Kier alpha value is -2.86. The molecule has 1 aromatic carbocycles. The van der Waals surface area contributed by atoms with E-state index in [0.29, 0.717) is 11.7 Å². The largest absolute Gasteiger partial charge is 0.496 e. The van der Waals surface area contributed by atoms with Gasteiger partial charge in [0.25, 0.3) is 0 Å². The smallest absolute Gasteiger partial charge is 0.339 e. The summed E-state index contributed by atoms with van der Waals surface area (Å²) in [6.45, 7) is 4.97. The number of aromatic amines is 1. The minimum Gasteiger partial charge on any atom is -0.496 e. The third kappa shape index (κ3) is 4.59.